The summed E-state index contributed by atoms with van der Waals surface area (Å²) in [5.41, 5.74) is 2.07. The van der Waals surface area contributed by atoms with E-state index in [1.807, 2.05) is 50.2 Å². The summed E-state index contributed by atoms with van der Waals surface area (Å²) in [6.07, 6.45) is 1.57. The molecule has 3 rings (SSSR count). The minimum Gasteiger partial charge on any atom is -0.488 e. The number of aryl methyl sites for hydroxylation is 1. The summed E-state index contributed by atoms with van der Waals surface area (Å²) in [5, 5.41) is 2.80. The van der Waals surface area contributed by atoms with Crippen molar-refractivity contribution in [3.63, 3.8) is 0 Å². The van der Waals surface area contributed by atoms with Gasteiger partial charge in [-0.2, -0.15) is 0 Å². The Morgan fingerprint density at radius 1 is 1.23 bits per heavy atom. The van der Waals surface area contributed by atoms with Gasteiger partial charge in [-0.25, -0.2) is 0 Å². The Morgan fingerprint density at radius 3 is 2.73 bits per heavy atom. The van der Waals surface area contributed by atoms with Crippen LogP contribution in [0.1, 0.15) is 27.7 Å². The first-order chi connectivity index (χ1) is 12.6. The Labute approximate surface area is 155 Å². The average Bonchev–Trinajstić information content (AvgIpc) is 3.02. The molecule has 6 heteroatoms. The highest BCUT2D eigenvalue weighted by atomic mass is 32.1. The zero-order chi connectivity index (χ0) is 18.5. The molecular formula is C20H20N2O3S. The van der Waals surface area contributed by atoms with Crippen molar-refractivity contribution >= 4 is 17.2 Å². The minimum atomic E-state index is -0.237. The molecule has 134 valence electrons. The third-order valence-corrected chi connectivity index (χ3v) is 5.12. The molecule has 3 aromatic rings. The number of aromatic nitrogens is 1. The monoisotopic (exact) mass is 368 g/mol. The van der Waals surface area contributed by atoms with E-state index in [0.717, 1.165) is 11.1 Å². The maximum Gasteiger partial charge on any atom is 0.261 e. The topological polar surface area (TPSA) is 71.2 Å². The first-order valence-corrected chi connectivity index (χ1v) is 9.19. The van der Waals surface area contributed by atoms with Gasteiger partial charge in [0, 0.05) is 17.6 Å². The number of nitrogens with one attached hydrogen (secondary N) is 2. The van der Waals surface area contributed by atoms with Crippen LogP contribution in [0.2, 0.25) is 0 Å². The van der Waals surface area contributed by atoms with E-state index in [4.69, 9.17) is 4.74 Å². The second kappa shape index (κ2) is 8.01. The lowest BCUT2D eigenvalue weighted by Crippen LogP contribution is -2.22. The summed E-state index contributed by atoms with van der Waals surface area (Å²) in [6.45, 7) is 4.67. The standard InChI is InChI=1S/C20H20N2O3S/c1-3-21-20(24)18-13(2)11-16(26-18)17-15(9-10-22-19(17)23)25-12-14-7-5-4-6-8-14/h4-11H,3,12H2,1-2H3,(H,21,24)(H,22,23). The lowest BCUT2D eigenvalue weighted by atomic mass is 10.1. The van der Waals surface area contributed by atoms with E-state index in [2.05, 4.69) is 10.3 Å². The number of benzene rings is 1. The first-order valence-electron chi connectivity index (χ1n) is 8.37. The van der Waals surface area contributed by atoms with Crippen LogP contribution in [0, 0.1) is 6.92 Å². The molecule has 0 atom stereocenters. The molecule has 0 bridgehead atoms. The third-order valence-electron chi connectivity index (χ3n) is 3.87. The van der Waals surface area contributed by atoms with Crippen molar-refractivity contribution in [2.45, 2.75) is 20.5 Å². The van der Waals surface area contributed by atoms with Gasteiger partial charge >= 0.3 is 0 Å². The molecule has 0 aliphatic rings. The van der Waals surface area contributed by atoms with E-state index in [0.29, 0.717) is 34.2 Å². The fourth-order valence-electron chi connectivity index (χ4n) is 2.62. The SMILES string of the molecule is CCNC(=O)c1sc(-c2c(OCc3ccccc3)cc[nH]c2=O)cc1C. The predicted octanol–water partition coefficient (Wildman–Crippen LogP) is 3.74. The lowest BCUT2D eigenvalue weighted by molar-refractivity contribution is 0.0959. The minimum absolute atomic E-state index is 0.125. The smallest absolute Gasteiger partial charge is 0.261 e. The van der Waals surface area contributed by atoms with Crippen molar-refractivity contribution in [3.05, 3.63) is 75.0 Å². The van der Waals surface area contributed by atoms with Gasteiger partial charge in [0.15, 0.2) is 0 Å². The summed E-state index contributed by atoms with van der Waals surface area (Å²) in [5.74, 6) is 0.377. The van der Waals surface area contributed by atoms with Gasteiger partial charge in [-0.05, 0) is 37.1 Å². The van der Waals surface area contributed by atoms with Crippen LogP contribution < -0.4 is 15.6 Å². The maximum absolute atomic E-state index is 12.4. The van der Waals surface area contributed by atoms with Gasteiger partial charge in [0.1, 0.15) is 12.4 Å². The van der Waals surface area contributed by atoms with Crippen LogP contribution in [-0.4, -0.2) is 17.4 Å². The quantitative estimate of drug-likeness (QED) is 0.696. The number of thiophene rings is 1. The van der Waals surface area contributed by atoms with Crippen LogP contribution >= 0.6 is 11.3 Å². The van der Waals surface area contributed by atoms with Crippen LogP contribution in [-0.2, 0) is 6.61 Å². The van der Waals surface area contributed by atoms with Gasteiger partial charge < -0.3 is 15.0 Å². The number of H-pyrrole nitrogens is 1. The van der Waals surface area contributed by atoms with Crippen molar-refractivity contribution in [2.75, 3.05) is 6.54 Å². The molecule has 0 radical (unpaired) electrons. The Morgan fingerprint density at radius 2 is 2.00 bits per heavy atom. The third kappa shape index (κ3) is 3.86. The molecule has 2 aromatic heterocycles. The average molecular weight is 368 g/mol. The molecular weight excluding hydrogens is 348 g/mol. The molecule has 26 heavy (non-hydrogen) atoms. The molecule has 1 amide bonds. The molecule has 5 nitrogen and oxygen atoms in total. The van der Waals surface area contributed by atoms with Crippen molar-refractivity contribution in [3.8, 4) is 16.2 Å². The Balaban J connectivity index is 1.94. The van der Waals surface area contributed by atoms with Crippen molar-refractivity contribution < 1.29 is 9.53 Å². The molecule has 0 fully saturated rings. The predicted molar refractivity (Wildman–Crippen MR) is 104 cm³/mol. The number of rotatable bonds is 6. The summed E-state index contributed by atoms with van der Waals surface area (Å²) in [7, 11) is 0. The highest BCUT2D eigenvalue weighted by Gasteiger charge is 2.18. The summed E-state index contributed by atoms with van der Waals surface area (Å²) in [6, 6.07) is 13.4. The zero-order valence-corrected chi connectivity index (χ0v) is 15.5. The van der Waals surface area contributed by atoms with Crippen molar-refractivity contribution in [1.29, 1.82) is 0 Å². The van der Waals surface area contributed by atoms with Gasteiger partial charge in [-0.3, -0.25) is 9.59 Å². The van der Waals surface area contributed by atoms with Gasteiger partial charge in [0.25, 0.3) is 11.5 Å². The van der Waals surface area contributed by atoms with Gasteiger partial charge in [0.05, 0.1) is 10.4 Å². The number of amides is 1. The summed E-state index contributed by atoms with van der Waals surface area (Å²) in [4.78, 5) is 28.6. The largest absolute Gasteiger partial charge is 0.488 e. The van der Waals surface area contributed by atoms with Gasteiger partial charge in [0.2, 0.25) is 0 Å². The van der Waals surface area contributed by atoms with Crippen LogP contribution in [0.25, 0.3) is 10.4 Å². The number of hydrogen-bond acceptors (Lipinski definition) is 4. The molecule has 1 aromatic carbocycles. The van der Waals surface area contributed by atoms with E-state index in [1.54, 1.807) is 12.3 Å². The van der Waals surface area contributed by atoms with Crippen LogP contribution in [0.4, 0.5) is 0 Å². The fraction of sp³-hybridized carbons (Fsp3) is 0.200. The Bertz CT molecular complexity index is 961. The molecule has 0 saturated heterocycles. The second-order valence-corrected chi connectivity index (χ2v) is 6.85. The molecule has 0 aliphatic heterocycles. The number of pyridine rings is 1. The van der Waals surface area contributed by atoms with E-state index >= 15 is 0 Å². The number of ether oxygens (including phenoxy) is 1. The molecule has 2 N–H and O–H groups in total. The number of hydrogen-bond donors (Lipinski definition) is 2. The van der Waals surface area contributed by atoms with E-state index in [9.17, 15) is 9.59 Å². The van der Waals surface area contributed by atoms with Gasteiger partial charge in [-0.15, -0.1) is 11.3 Å². The van der Waals surface area contributed by atoms with E-state index < -0.39 is 0 Å². The van der Waals surface area contributed by atoms with Crippen molar-refractivity contribution in [1.82, 2.24) is 10.3 Å². The highest BCUT2D eigenvalue weighted by molar-refractivity contribution is 7.17. The van der Waals surface area contributed by atoms with Crippen LogP contribution in [0.15, 0.2) is 53.5 Å². The fourth-order valence-corrected chi connectivity index (χ4v) is 3.76. The number of aromatic amines is 1. The first kappa shape index (κ1) is 17.9. The number of carbonyl (C=O) groups excluding carboxylic acids is 1. The molecule has 0 spiro atoms. The van der Waals surface area contributed by atoms with Crippen molar-refractivity contribution in [2.24, 2.45) is 0 Å². The van der Waals surface area contributed by atoms with Gasteiger partial charge in [-0.1, -0.05) is 30.3 Å². The second-order valence-electron chi connectivity index (χ2n) is 5.80. The Kier molecular flexibility index (Phi) is 5.53. The zero-order valence-electron chi connectivity index (χ0n) is 14.7. The molecule has 2 heterocycles. The normalized spacial score (nSPS) is 10.5. The molecule has 0 unspecified atom stereocenters. The van der Waals surface area contributed by atoms with Crippen LogP contribution in [0.3, 0.4) is 0 Å². The molecule has 0 saturated carbocycles. The highest BCUT2D eigenvalue weighted by Crippen LogP contribution is 2.34. The molecule has 0 aliphatic carbocycles. The lowest BCUT2D eigenvalue weighted by Gasteiger charge is -2.09. The summed E-state index contributed by atoms with van der Waals surface area (Å²) >= 11 is 1.30. The van der Waals surface area contributed by atoms with E-state index in [1.165, 1.54) is 11.3 Å². The Hall–Kier alpha value is -2.86. The van der Waals surface area contributed by atoms with E-state index in [-0.39, 0.29) is 11.5 Å². The maximum atomic E-state index is 12.4. The number of carbonyl (C=O) groups is 1. The van der Waals surface area contributed by atoms with Crippen LogP contribution in [0.5, 0.6) is 5.75 Å². The summed E-state index contributed by atoms with van der Waals surface area (Å²) < 4.78 is 5.90.